The largest absolute Gasteiger partial charge is 0.494 e. The van der Waals surface area contributed by atoms with Crippen LogP contribution in [0.15, 0.2) is 12.1 Å². The first-order valence-electron chi connectivity index (χ1n) is 6.23. The zero-order valence-corrected chi connectivity index (χ0v) is 11.6. The average molecular weight is 230 g/mol. The number of rotatable bonds is 4. The van der Waals surface area contributed by atoms with Gasteiger partial charge in [-0.1, -0.05) is 6.92 Å². The van der Waals surface area contributed by atoms with Crippen molar-refractivity contribution in [3.8, 4) is 17.6 Å². The summed E-state index contributed by atoms with van der Waals surface area (Å²) >= 11 is 0. The smallest absolute Gasteiger partial charge is 0.119 e. The SMILES string of the molecule is CC#CC(C)Cc1c(C)cc(OCC)cc1C. The monoisotopic (exact) mass is 230 g/mol. The number of benzene rings is 1. The van der Waals surface area contributed by atoms with E-state index < -0.39 is 0 Å². The molecule has 1 unspecified atom stereocenters. The van der Waals surface area contributed by atoms with E-state index >= 15 is 0 Å². The molecule has 1 aromatic carbocycles. The number of ether oxygens (including phenoxy) is 1. The Balaban J connectivity index is 2.95. The summed E-state index contributed by atoms with van der Waals surface area (Å²) < 4.78 is 5.55. The fourth-order valence-corrected chi connectivity index (χ4v) is 2.13. The highest BCUT2D eigenvalue weighted by molar-refractivity contribution is 5.41. The maximum atomic E-state index is 5.55. The Morgan fingerprint density at radius 2 is 1.82 bits per heavy atom. The summed E-state index contributed by atoms with van der Waals surface area (Å²) in [7, 11) is 0. The van der Waals surface area contributed by atoms with Crippen molar-refractivity contribution in [1.82, 2.24) is 0 Å². The molecule has 1 atom stereocenters. The van der Waals surface area contributed by atoms with E-state index in [-0.39, 0.29) is 0 Å². The van der Waals surface area contributed by atoms with E-state index in [1.807, 2.05) is 13.8 Å². The fraction of sp³-hybridized carbons (Fsp3) is 0.500. The molecule has 0 radical (unpaired) electrons. The van der Waals surface area contributed by atoms with Crippen LogP contribution in [0.1, 0.15) is 37.5 Å². The normalized spacial score (nSPS) is 11.6. The Morgan fingerprint density at radius 1 is 1.24 bits per heavy atom. The maximum Gasteiger partial charge on any atom is 0.119 e. The van der Waals surface area contributed by atoms with Gasteiger partial charge in [0.1, 0.15) is 5.75 Å². The van der Waals surface area contributed by atoms with Gasteiger partial charge in [-0.15, -0.1) is 11.8 Å². The van der Waals surface area contributed by atoms with Crippen molar-refractivity contribution in [3.05, 3.63) is 28.8 Å². The van der Waals surface area contributed by atoms with Gasteiger partial charge in [0.15, 0.2) is 0 Å². The molecule has 0 aliphatic carbocycles. The van der Waals surface area contributed by atoms with Crippen molar-refractivity contribution < 1.29 is 4.74 Å². The molecule has 0 fully saturated rings. The fourth-order valence-electron chi connectivity index (χ4n) is 2.13. The quantitative estimate of drug-likeness (QED) is 0.713. The van der Waals surface area contributed by atoms with E-state index in [0.29, 0.717) is 5.92 Å². The van der Waals surface area contributed by atoms with E-state index in [9.17, 15) is 0 Å². The Labute approximate surface area is 105 Å². The Bertz CT molecular complexity index is 412. The minimum atomic E-state index is 0.412. The Hall–Kier alpha value is -1.42. The van der Waals surface area contributed by atoms with Crippen LogP contribution < -0.4 is 4.74 Å². The van der Waals surface area contributed by atoms with Gasteiger partial charge in [-0.25, -0.2) is 0 Å². The number of aryl methyl sites for hydroxylation is 2. The summed E-state index contributed by atoms with van der Waals surface area (Å²) in [6, 6.07) is 4.25. The molecule has 0 saturated carbocycles. The number of hydrogen-bond acceptors (Lipinski definition) is 1. The third-order valence-corrected chi connectivity index (χ3v) is 2.88. The Morgan fingerprint density at radius 3 is 2.29 bits per heavy atom. The molecule has 0 amide bonds. The highest BCUT2D eigenvalue weighted by Crippen LogP contribution is 2.24. The van der Waals surface area contributed by atoms with Gasteiger partial charge >= 0.3 is 0 Å². The lowest BCUT2D eigenvalue weighted by Gasteiger charge is -2.14. The highest BCUT2D eigenvalue weighted by Gasteiger charge is 2.08. The van der Waals surface area contributed by atoms with E-state index in [0.717, 1.165) is 18.8 Å². The highest BCUT2D eigenvalue weighted by atomic mass is 16.5. The van der Waals surface area contributed by atoms with Gasteiger partial charge in [-0.05, 0) is 62.9 Å². The van der Waals surface area contributed by atoms with E-state index in [1.54, 1.807) is 0 Å². The second-order valence-corrected chi connectivity index (χ2v) is 4.47. The van der Waals surface area contributed by atoms with Gasteiger partial charge in [-0.3, -0.25) is 0 Å². The van der Waals surface area contributed by atoms with Crippen LogP contribution in [-0.2, 0) is 6.42 Å². The van der Waals surface area contributed by atoms with Crippen molar-refractivity contribution in [3.63, 3.8) is 0 Å². The van der Waals surface area contributed by atoms with E-state index in [1.165, 1.54) is 16.7 Å². The summed E-state index contributed by atoms with van der Waals surface area (Å²) in [5.41, 5.74) is 4.01. The van der Waals surface area contributed by atoms with Gasteiger partial charge in [-0.2, -0.15) is 0 Å². The second kappa shape index (κ2) is 6.35. The molecule has 0 spiro atoms. The maximum absolute atomic E-state index is 5.55. The van der Waals surface area contributed by atoms with Crippen LogP contribution in [0, 0.1) is 31.6 Å². The lowest BCUT2D eigenvalue weighted by molar-refractivity contribution is 0.339. The minimum Gasteiger partial charge on any atom is -0.494 e. The van der Waals surface area contributed by atoms with Crippen LogP contribution in [0.3, 0.4) is 0 Å². The molecule has 1 aromatic rings. The van der Waals surface area contributed by atoms with Crippen LogP contribution >= 0.6 is 0 Å². The predicted octanol–water partition coefficient (Wildman–Crippen LogP) is 3.90. The number of hydrogen-bond donors (Lipinski definition) is 0. The predicted molar refractivity (Wildman–Crippen MR) is 73.4 cm³/mol. The van der Waals surface area contributed by atoms with E-state index in [2.05, 4.69) is 44.7 Å². The molecule has 0 bridgehead atoms. The van der Waals surface area contributed by atoms with Crippen molar-refractivity contribution >= 4 is 0 Å². The second-order valence-electron chi connectivity index (χ2n) is 4.47. The zero-order chi connectivity index (χ0) is 12.8. The molecular weight excluding hydrogens is 208 g/mol. The average Bonchev–Trinajstić information content (AvgIpc) is 2.24. The third kappa shape index (κ3) is 3.82. The standard InChI is InChI=1S/C16H22O/c1-6-8-12(3)9-16-13(4)10-15(17-7-2)11-14(16)5/h10-12H,7,9H2,1-5H3. The first-order chi connectivity index (χ1) is 8.08. The molecule has 0 aromatic heterocycles. The molecule has 92 valence electrons. The van der Waals surface area contributed by atoms with Crippen molar-refractivity contribution in [2.45, 2.75) is 41.0 Å². The summed E-state index contributed by atoms with van der Waals surface area (Å²) in [6.07, 6.45) is 1.02. The molecule has 1 nitrogen and oxygen atoms in total. The van der Waals surface area contributed by atoms with Crippen LogP contribution in [0.25, 0.3) is 0 Å². The van der Waals surface area contributed by atoms with Crippen LogP contribution in [0.4, 0.5) is 0 Å². The lowest BCUT2D eigenvalue weighted by Crippen LogP contribution is -2.03. The summed E-state index contributed by atoms with van der Waals surface area (Å²) in [4.78, 5) is 0. The Kier molecular flexibility index (Phi) is 5.10. The van der Waals surface area contributed by atoms with Gasteiger partial charge in [0, 0.05) is 5.92 Å². The molecule has 0 saturated heterocycles. The van der Waals surface area contributed by atoms with Crippen LogP contribution in [0.2, 0.25) is 0 Å². The third-order valence-electron chi connectivity index (χ3n) is 2.88. The van der Waals surface area contributed by atoms with Crippen molar-refractivity contribution in [1.29, 1.82) is 0 Å². The molecule has 0 aliphatic rings. The zero-order valence-electron chi connectivity index (χ0n) is 11.6. The van der Waals surface area contributed by atoms with Crippen LogP contribution in [-0.4, -0.2) is 6.61 Å². The van der Waals surface area contributed by atoms with Gasteiger partial charge in [0.05, 0.1) is 6.61 Å². The van der Waals surface area contributed by atoms with Crippen LogP contribution in [0.5, 0.6) is 5.75 Å². The molecule has 1 heteroatoms. The summed E-state index contributed by atoms with van der Waals surface area (Å²) in [5.74, 6) is 7.58. The van der Waals surface area contributed by atoms with Crippen molar-refractivity contribution in [2.75, 3.05) is 6.61 Å². The topological polar surface area (TPSA) is 9.23 Å². The summed E-state index contributed by atoms with van der Waals surface area (Å²) in [5, 5.41) is 0. The lowest BCUT2D eigenvalue weighted by atomic mass is 9.93. The molecule has 17 heavy (non-hydrogen) atoms. The molecule has 0 heterocycles. The van der Waals surface area contributed by atoms with Gasteiger partial charge in [0.2, 0.25) is 0 Å². The minimum absolute atomic E-state index is 0.412. The van der Waals surface area contributed by atoms with Crippen molar-refractivity contribution in [2.24, 2.45) is 5.92 Å². The first kappa shape index (κ1) is 13.6. The molecule has 0 N–H and O–H groups in total. The molecule has 0 aliphatic heterocycles. The molecule has 1 rings (SSSR count). The summed E-state index contributed by atoms with van der Waals surface area (Å²) in [6.45, 7) is 11.1. The van der Waals surface area contributed by atoms with Gasteiger partial charge < -0.3 is 4.74 Å². The van der Waals surface area contributed by atoms with Gasteiger partial charge in [0.25, 0.3) is 0 Å². The molecular formula is C16H22O. The van der Waals surface area contributed by atoms with E-state index in [4.69, 9.17) is 4.74 Å². The first-order valence-corrected chi connectivity index (χ1v) is 6.23.